The Morgan fingerprint density at radius 2 is 1.96 bits per heavy atom. The van der Waals surface area contributed by atoms with Crippen molar-refractivity contribution in [1.82, 2.24) is 0 Å². The van der Waals surface area contributed by atoms with Crippen LogP contribution in [0.4, 0.5) is 11.4 Å². The van der Waals surface area contributed by atoms with Gasteiger partial charge in [0.1, 0.15) is 0 Å². The highest BCUT2D eigenvalue weighted by Crippen LogP contribution is 2.27. The number of primary sulfonamides is 1. The summed E-state index contributed by atoms with van der Waals surface area (Å²) in [6.45, 7) is 1.53. The van der Waals surface area contributed by atoms with Crippen molar-refractivity contribution in [2.75, 3.05) is 23.3 Å². The molecule has 0 bridgehead atoms. The number of hydrogen-bond acceptors (Lipinski definition) is 4. The molecule has 3 rings (SSSR count). The lowest BCUT2D eigenvalue weighted by Gasteiger charge is -2.19. The number of nitrogens with one attached hydrogen (secondary N) is 1. The van der Waals surface area contributed by atoms with Crippen molar-refractivity contribution in [3.8, 4) is 0 Å². The average Bonchev–Trinajstić information content (AvgIpc) is 2.96. The molecule has 2 aromatic rings. The minimum atomic E-state index is -3.78. The molecule has 0 saturated carbocycles. The molecule has 0 fully saturated rings. The molecule has 1 aliphatic rings. The number of carbonyl (C=O) groups excluding carboxylic acids is 1. The fraction of sp³-hybridized carbons (Fsp3) is 0.235. The Balaban J connectivity index is 1.59. The second kappa shape index (κ2) is 6.62. The maximum Gasteiger partial charge on any atom is 0.238 e. The minimum absolute atomic E-state index is 0.0197. The number of benzene rings is 2. The predicted octanol–water partition coefficient (Wildman–Crippen LogP) is 1.73. The van der Waals surface area contributed by atoms with Gasteiger partial charge in [-0.05, 0) is 36.2 Å². The lowest BCUT2D eigenvalue weighted by molar-refractivity contribution is -0.116. The number of fused-ring (bicyclic) bond motifs is 1. The summed E-state index contributed by atoms with van der Waals surface area (Å²) in [6.07, 6.45) is 1.32. The van der Waals surface area contributed by atoms with E-state index in [1.165, 1.54) is 23.4 Å². The Bertz CT molecular complexity index is 865. The van der Waals surface area contributed by atoms with Crippen LogP contribution in [-0.2, 0) is 21.2 Å². The molecular weight excluding hydrogens is 326 g/mol. The van der Waals surface area contributed by atoms with Crippen LogP contribution in [-0.4, -0.2) is 27.4 Å². The average molecular weight is 345 g/mol. The first-order chi connectivity index (χ1) is 11.4. The molecule has 6 nitrogen and oxygen atoms in total. The summed E-state index contributed by atoms with van der Waals surface area (Å²) in [5.41, 5.74) is 2.91. The summed E-state index contributed by atoms with van der Waals surface area (Å²) in [7, 11) is -3.78. The molecule has 2 aromatic carbocycles. The third-order valence-electron chi connectivity index (χ3n) is 4.04. The number of anilines is 2. The maximum atomic E-state index is 12.1. The number of nitrogens with zero attached hydrogens (tertiary/aromatic N) is 1. The van der Waals surface area contributed by atoms with Gasteiger partial charge in [-0.1, -0.05) is 24.3 Å². The predicted molar refractivity (Wildman–Crippen MR) is 93.4 cm³/mol. The molecule has 3 N–H and O–H groups in total. The summed E-state index contributed by atoms with van der Waals surface area (Å²) in [5, 5.41) is 7.81. The Labute approximate surface area is 141 Å². The number of para-hydroxylation sites is 1. The van der Waals surface area contributed by atoms with Gasteiger partial charge in [-0.3, -0.25) is 4.79 Å². The van der Waals surface area contributed by atoms with Gasteiger partial charge in [0.15, 0.2) is 0 Å². The smallest absolute Gasteiger partial charge is 0.238 e. The van der Waals surface area contributed by atoms with E-state index in [9.17, 15) is 13.2 Å². The Hall–Kier alpha value is -2.38. The quantitative estimate of drug-likeness (QED) is 0.863. The number of rotatable bonds is 5. The van der Waals surface area contributed by atoms with Gasteiger partial charge in [0.25, 0.3) is 0 Å². The summed E-state index contributed by atoms with van der Waals surface area (Å²) in [6, 6.07) is 14.1. The first-order valence-electron chi connectivity index (χ1n) is 7.69. The molecule has 126 valence electrons. The fourth-order valence-electron chi connectivity index (χ4n) is 2.85. The third-order valence-corrected chi connectivity index (χ3v) is 4.95. The second-order valence-electron chi connectivity index (χ2n) is 5.74. The van der Waals surface area contributed by atoms with Crippen molar-refractivity contribution in [1.29, 1.82) is 0 Å². The summed E-state index contributed by atoms with van der Waals surface area (Å²) >= 11 is 0. The first kappa shape index (κ1) is 16.5. The monoisotopic (exact) mass is 345 g/mol. The molecule has 0 radical (unpaired) electrons. The van der Waals surface area contributed by atoms with E-state index in [1.807, 2.05) is 12.1 Å². The van der Waals surface area contributed by atoms with Crippen LogP contribution in [0.25, 0.3) is 0 Å². The molecule has 0 aromatic heterocycles. The van der Waals surface area contributed by atoms with Gasteiger partial charge >= 0.3 is 0 Å². The Morgan fingerprint density at radius 3 is 2.75 bits per heavy atom. The maximum absolute atomic E-state index is 12.1. The zero-order chi connectivity index (χ0) is 17.2. The van der Waals surface area contributed by atoms with E-state index in [-0.39, 0.29) is 10.8 Å². The number of nitrogens with two attached hydrogens (primary N) is 1. The zero-order valence-electron chi connectivity index (χ0n) is 13.1. The third kappa shape index (κ3) is 3.74. The highest BCUT2D eigenvalue weighted by Gasteiger charge is 2.18. The lowest BCUT2D eigenvalue weighted by Crippen LogP contribution is -2.26. The number of carbonyl (C=O) groups is 1. The molecular formula is C17H19N3O3S. The van der Waals surface area contributed by atoms with Crippen LogP contribution < -0.4 is 15.4 Å². The van der Waals surface area contributed by atoms with Crippen LogP contribution in [0.5, 0.6) is 0 Å². The second-order valence-corrected chi connectivity index (χ2v) is 7.30. The Kier molecular flexibility index (Phi) is 4.55. The molecule has 24 heavy (non-hydrogen) atoms. The van der Waals surface area contributed by atoms with E-state index in [4.69, 9.17) is 5.14 Å². The number of hydrogen-bond donors (Lipinski definition) is 2. The van der Waals surface area contributed by atoms with Crippen LogP contribution in [0, 0.1) is 0 Å². The van der Waals surface area contributed by atoms with E-state index in [1.54, 1.807) is 12.1 Å². The Morgan fingerprint density at radius 1 is 1.17 bits per heavy atom. The molecule has 0 aliphatic carbocycles. The molecule has 1 aliphatic heterocycles. The summed E-state index contributed by atoms with van der Waals surface area (Å²) in [5.74, 6) is -0.161. The van der Waals surface area contributed by atoms with Crippen molar-refractivity contribution >= 4 is 27.3 Å². The van der Waals surface area contributed by atoms with Crippen LogP contribution in [0.2, 0.25) is 0 Å². The highest BCUT2D eigenvalue weighted by molar-refractivity contribution is 7.89. The van der Waals surface area contributed by atoms with Gasteiger partial charge in [0.2, 0.25) is 15.9 Å². The highest BCUT2D eigenvalue weighted by atomic mass is 32.2. The van der Waals surface area contributed by atoms with E-state index in [0.29, 0.717) is 18.7 Å². The molecule has 0 saturated heterocycles. The molecule has 0 atom stereocenters. The van der Waals surface area contributed by atoms with Crippen molar-refractivity contribution < 1.29 is 13.2 Å². The van der Waals surface area contributed by atoms with Gasteiger partial charge < -0.3 is 10.2 Å². The summed E-state index contributed by atoms with van der Waals surface area (Å²) < 4.78 is 22.7. The fourth-order valence-corrected chi connectivity index (χ4v) is 3.41. The normalized spacial score (nSPS) is 13.6. The van der Waals surface area contributed by atoms with Gasteiger partial charge in [-0.25, -0.2) is 13.6 Å². The van der Waals surface area contributed by atoms with Gasteiger partial charge in [0, 0.05) is 30.9 Å². The van der Waals surface area contributed by atoms with Crippen molar-refractivity contribution in [3.63, 3.8) is 0 Å². The van der Waals surface area contributed by atoms with Gasteiger partial charge in [-0.15, -0.1) is 0 Å². The van der Waals surface area contributed by atoms with Gasteiger partial charge in [-0.2, -0.15) is 0 Å². The van der Waals surface area contributed by atoms with Crippen LogP contribution in [0.1, 0.15) is 12.0 Å². The van der Waals surface area contributed by atoms with E-state index in [2.05, 4.69) is 22.3 Å². The van der Waals surface area contributed by atoms with Gasteiger partial charge in [0.05, 0.1) is 4.90 Å². The standard InChI is InChI=1S/C17H19N3O3S/c18-24(22,23)15-6-3-5-14(12-15)19-17(21)9-11-20-10-8-13-4-1-2-7-16(13)20/h1-7,12H,8-11H2,(H,19,21)(H2,18,22,23). The van der Waals surface area contributed by atoms with Crippen LogP contribution >= 0.6 is 0 Å². The van der Waals surface area contributed by atoms with Crippen LogP contribution in [0.15, 0.2) is 53.4 Å². The molecule has 7 heteroatoms. The molecule has 1 amide bonds. The van der Waals surface area contributed by atoms with Crippen molar-refractivity contribution in [3.05, 3.63) is 54.1 Å². The number of amides is 1. The molecule has 1 heterocycles. The van der Waals surface area contributed by atoms with Crippen LogP contribution in [0.3, 0.4) is 0 Å². The van der Waals surface area contributed by atoms with Crippen molar-refractivity contribution in [2.45, 2.75) is 17.7 Å². The van der Waals surface area contributed by atoms with E-state index >= 15 is 0 Å². The zero-order valence-corrected chi connectivity index (χ0v) is 13.9. The van der Waals surface area contributed by atoms with E-state index in [0.717, 1.165) is 13.0 Å². The topological polar surface area (TPSA) is 92.5 Å². The molecule has 0 spiro atoms. The van der Waals surface area contributed by atoms with E-state index < -0.39 is 10.0 Å². The lowest BCUT2D eigenvalue weighted by atomic mass is 10.2. The van der Waals surface area contributed by atoms with Crippen molar-refractivity contribution in [2.24, 2.45) is 5.14 Å². The minimum Gasteiger partial charge on any atom is -0.370 e. The summed E-state index contributed by atoms with van der Waals surface area (Å²) in [4.78, 5) is 14.3. The SMILES string of the molecule is NS(=O)(=O)c1cccc(NC(=O)CCN2CCc3ccccc32)c1. The largest absolute Gasteiger partial charge is 0.370 e. The number of sulfonamides is 1. The first-order valence-corrected chi connectivity index (χ1v) is 9.24. The molecule has 0 unspecified atom stereocenters.